The van der Waals surface area contributed by atoms with Gasteiger partial charge in [-0.3, -0.25) is 10.1 Å². The maximum Gasteiger partial charge on any atom is 0.214 e. The predicted octanol–water partition coefficient (Wildman–Crippen LogP) is 3.42. The monoisotopic (exact) mass is 301 g/mol. The Hall–Kier alpha value is -2.56. The van der Waals surface area contributed by atoms with Crippen LogP contribution in [-0.4, -0.2) is 25.7 Å². The van der Waals surface area contributed by atoms with Crippen LogP contribution < -0.4 is 9.47 Å². The van der Waals surface area contributed by atoms with Crippen LogP contribution in [0.5, 0.6) is 11.5 Å². The zero-order valence-corrected chi connectivity index (χ0v) is 12.9. The fraction of sp³-hybridized carbons (Fsp3) is 0.294. The smallest absolute Gasteiger partial charge is 0.214 e. The lowest BCUT2D eigenvalue weighted by atomic mass is 9.88. The standard InChI is InChI=1S/C17H19NO4/c1-12-6-4-5-7-16(12)17(11-18(19)20)13-8-14(21-2)10-15(9-13)22-3/h4-10,17H,11H2,1-3H3/t17-/m0/s1. The Morgan fingerprint density at radius 3 is 2.18 bits per heavy atom. The summed E-state index contributed by atoms with van der Waals surface area (Å²) in [6.07, 6.45) is 0. The molecule has 1 atom stereocenters. The summed E-state index contributed by atoms with van der Waals surface area (Å²) in [5, 5.41) is 11.1. The molecule has 0 bridgehead atoms. The molecule has 0 heterocycles. The molecule has 0 saturated heterocycles. The number of nitrogens with zero attached hydrogens (tertiary/aromatic N) is 1. The van der Waals surface area contributed by atoms with Crippen LogP contribution in [0, 0.1) is 17.0 Å². The average molecular weight is 301 g/mol. The SMILES string of the molecule is COc1cc(OC)cc([C@H](C[N+](=O)[O-])c2ccccc2C)c1. The Labute approximate surface area is 129 Å². The first-order valence-electron chi connectivity index (χ1n) is 6.95. The zero-order chi connectivity index (χ0) is 16.1. The van der Waals surface area contributed by atoms with Gasteiger partial charge in [0, 0.05) is 11.0 Å². The van der Waals surface area contributed by atoms with Crippen molar-refractivity contribution in [2.75, 3.05) is 20.8 Å². The molecule has 5 heteroatoms. The van der Waals surface area contributed by atoms with Crippen molar-refractivity contribution in [1.82, 2.24) is 0 Å². The molecule has 0 aliphatic heterocycles. The number of benzene rings is 2. The van der Waals surface area contributed by atoms with Crippen molar-refractivity contribution >= 4 is 0 Å². The highest BCUT2D eigenvalue weighted by molar-refractivity contribution is 5.45. The number of ether oxygens (including phenoxy) is 2. The van der Waals surface area contributed by atoms with Crippen molar-refractivity contribution in [3.8, 4) is 11.5 Å². The summed E-state index contributed by atoms with van der Waals surface area (Å²) in [5.41, 5.74) is 2.77. The van der Waals surface area contributed by atoms with Gasteiger partial charge in [0.1, 0.15) is 11.5 Å². The molecule has 2 aromatic carbocycles. The molecule has 0 spiro atoms. The molecule has 116 valence electrons. The van der Waals surface area contributed by atoms with E-state index in [-0.39, 0.29) is 17.4 Å². The first-order valence-corrected chi connectivity index (χ1v) is 6.95. The van der Waals surface area contributed by atoms with E-state index >= 15 is 0 Å². The van der Waals surface area contributed by atoms with E-state index in [1.807, 2.05) is 43.3 Å². The van der Waals surface area contributed by atoms with E-state index in [1.165, 1.54) is 0 Å². The van der Waals surface area contributed by atoms with E-state index in [9.17, 15) is 10.1 Å². The lowest BCUT2D eigenvalue weighted by molar-refractivity contribution is -0.481. The van der Waals surface area contributed by atoms with Crippen LogP contribution in [0.4, 0.5) is 0 Å². The van der Waals surface area contributed by atoms with Crippen molar-refractivity contribution in [2.45, 2.75) is 12.8 Å². The molecule has 5 nitrogen and oxygen atoms in total. The highest BCUT2D eigenvalue weighted by Gasteiger charge is 2.23. The van der Waals surface area contributed by atoms with Gasteiger partial charge in [-0.1, -0.05) is 24.3 Å². The highest BCUT2D eigenvalue weighted by Crippen LogP contribution is 2.33. The minimum Gasteiger partial charge on any atom is -0.497 e. The molecule has 0 amide bonds. The largest absolute Gasteiger partial charge is 0.497 e. The maximum atomic E-state index is 11.1. The molecular formula is C17H19NO4. The Morgan fingerprint density at radius 1 is 1.09 bits per heavy atom. The Kier molecular flexibility index (Phi) is 4.99. The molecule has 0 saturated carbocycles. The first-order chi connectivity index (χ1) is 10.5. The van der Waals surface area contributed by atoms with Gasteiger partial charge in [0.2, 0.25) is 6.54 Å². The Bertz CT molecular complexity index is 647. The van der Waals surface area contributed by atoms with Crippen LogP contribution in [0.3, 0.4) is 0 Å². The van der Waals surface area contributed by atoms with Gasteiger partial charge in [-0.05, 0) is 35.7 Å². The molecule has 0 aromatic heterocycles. The lowest BCUT2D eigenvalue weighted by Gasteiger charge is -2.18. The quantitative estimate of drug-likeness (QED) is 0.606. The third-order valence-electron chi connectivity index (χ3n) is 3.67. The van der Waals surface area contributed by atoms with Crippen molar-refractivity contribution < 1.29 is 14.4 Å². The van der Waals surface area contributed by atoms with E-state index in [0.717, 1.165) is 16.7 Å². The normalized spacial score (nSPS) is 11.8. The maximum absolute atomic E-state index is 11.1. The Balaban J connectivity index is 2.54. The van der Waals surface area contributed by atoms with Crippen LogP contribution in [0.15, 0.2) is 42.5 Å². The summed E-state index contributed by atoms with van der Waals surface area (Å²) >= 11 is 0. The van der Waals surface area contributed by atoms with Gasteiger partial charge < -0.3 is 9.47 Å². The summed E-state index contributed by atoms with van der Waals surface area (Å²) in [6, 6.07) is 13.1. The fourth-order valence-electron chi connectivity index (χ4n) is 2.54. The number of nitro groups is 1. The minimum atomic E-state index is -0.347. The molecule has 0 aliphatic rings. The van der Waals surface area contributed by atoms with E-state index in [2.05, 4.69) is 0 Å². The zero-order valence-electron chi connectivity index (χ0n) is 12.9. The van der Waals surface area contributed by atoms with Crippen molar-refractivity contribution in [1.29, 1.82) is 0 Å². The number of rotatable bonds is 6. The van der Waals surface area contributed by atoms with Crippen LogP contribution in [-0.2, 0) is 0 Å². The molecule has 0 N–H and O–H groups in total. The van der Waals surface area contributed by atoms with E-state index in [4.69, 9.17) is 9.47 Å². The topological polar surface area (TPSA) is 61.6 Å². The van der Waals surface area contributed by atoms with Crippen molar-refractivity contribution in [3.63, 3.8) is 0 Å². The highest BCUT2D eigenvalue weighted by atomic mass is 16.6. The van der Waals surface area contributed by atoms with Crippen LogP contribution in [0.1, 0.15) is 22.6 Å². The molecule has 22 heavy (non-hydrogen) atoms. The molecule has 0 fully saturated rings. The van der Waals surface area contributed by atoms with Crippen LogP contribution >= 0.6 is 0 Å². The number of hydrogen-bond acceptors (Lipinski definition) is 4. The summed E-state index contributed by atoms with van der Waals surface area (Å²) in [7, 11) is 3.13. The number of aryl methyl sites for hydroxylation is 1. The Morgan fingerprint density at radius 2 is 1.68 bits per heavy atom. The van der Waals surface area contributed by atoms with E-state index in [1.54, 1.807) is 20.3 Å². The van der Waals surface area contributed by atoms with Crippen LogP contribution in [0.2, 0.25) is 0 Å². The second-order valence-corrected chi connectivity index (χ2v) is 5.07. The van der Waals surface area contributed by atoms with Gasteiger partial charge in [0.25, 0.3) is 0 Å². The van der Waals surface area contributed by atoms with Crippen molar-refractivity contribution in [3.05, 3.63) is 69.3 Å². The first kappa shape index (κ1) is 15.8. The second-order valence-electron chi connectivity index (χ2n) is 5.07. The molecule has 0 radical (unpaired) electrons. The molecule has 0 aliphatic carbocycles. The number of methoxy groups -OCH3 is 2. The van der Waals surface area contributed by atoms with Gasteiger partial charge in [-0.2, -0.15) is 0 Å². The lowest BCUT2D eigenvalue weighted by Crippen LogP contribution is -2.15. The second kappa shape index (κ2) is 6.93. The third kappa shape index (κ3) is 3.55. The summed E-state index contributed by atoms with van der Waals surface area (Å²) in [6.45, 7) is 1.78. The van der Waals surface area contributed by atoms with Crippen LogP contribution in [0.25, 0.3) is 0 Å². The van der Waals surface area contributed by atoms with E-state index < -0.39 is 0 Å². The van der Waals surface area contributed by atoms with E-state index in [0.29, 0.717) is 11.5 Å². The molecule has 2 aromatic rings. The fourth-order valence-corrected chi connectivity index (χ4v) is 2.54. The predicted molar refractivity (Wildman–Crippen MR) is 84.4 cm³/mol. The molecular weight excluding hydrogens is 282 g/mol. The van der Waals surface area contributed by atoms with Gasteiger partial charge >= 0.3 is 0 Å². The number of hydrogen-bond donors (Lipinski definition) is 0. The molecule has 2 rings (SSSR count). The van der Waals surface area contributed by atoms with Gasteiger partial charge in [0.05, 0.1) is 20.1 Å². The summed E-state index contributed by atoms with van der Waals surface area (Å²) in [5.74, 6) is 0.896. The third-order valence-corrected chi connectivity index (χ3v) is 3.67. The minimum absolute atomic E-state index is 0.179. The van der Waals surface area contributed by atoms with Gasteiger partial charge in [-0.15, -0.1) is 0 Å². The van der Waals surface area contributed by atoms with Gasteiger partial charge in [-0.25, -0.2) is 0 Å². The molecule has 0 unspecified atom stereocenters. The summed E-state index contributed by atoms with van der Waals surface area (Å²) in [4.78, 5) is 10.8. The summed E-state index contributed by atoms with van der Waals surface area (Å²) < 4.78 is 10.5. The average Bonchev–Trinajstić information content (AvgIpc) is 2.52. The van der Waals surface area contributed by atoms with Crippen molar-refractivity contribution in [2.24, 2.45) is 0 Å². The van der Waals surface area contributed by atoms with Gasteiger partial charge in [0.15, 0.2) is 0 Å².